The lowest BCUT2D eigenvalue weighted by Crippen LogP contribution is -2.58. The number of hydrogen-bond acceptors (Lipinski definition) is 14. The number of carbonyl (C=O) groups is 7. The maximum Gasteiger partial charge on any atom is 0.416 e. The van der Waals surface area contributed by atoms with Crippen molar-refractivity contribution in [1.29, 1.82) is 0 Å². The second-order valence-corrected chi connectivity index (χ2v) is 30.8. The van der Waals surface area contributed by atoms with Gasteiger partial charge in [-0.25, -0.2) is 18.9 Å². The van der Waals surface area contributed by atoms with Gasteiger partial charge in [-0.15, -0.1) is 0 Å². The molecule has 0 aromatic heterocycles. The molecule has 5 amide bonds. The number of fused-ring (bicyclic) bond motifs is 4. The number of Topliss-reactive ketones (excluding diaryl/α,β-unsaturated/α-hetero) is 1. The molecule has 2 fully saturated rings. The van der Waals surface area contributed by atoms with E-state index in [9.17, 15) is 28.4 Å². The molecular formula is C69H84FN5O14Si. The standard InChI is InChI=1S/C69H84FN5O14Si/c1-13-26-86-61(77)34-51(42(3)4)62(78)71-44(6)57(76)31-45-16-18-46(19-17-45)40-88-67(82)75-55-36-58(43(5)30-52(55)64(80)74-41-69(24-25-69)37-56(74)65(75)89-90(11,12)68(7,8)9)84-28-15-29-85-60-35-54-53(33-59(60)83-10)63(79)72-38-48(47-20-22-49(70)23-21-47)32-50(72)39-73(54)66(81)87-27-14-2/h13-14,16-23,30,33,35-36,38,42,44,50-51,56,65H,1-2,15,24-29,31-32,34,37,39-41H2,3-12H3,(H,71,78)/t44-,50-,51-,56-,65?/m0/s1. The van der Waals surface area contributed by atoms with E-state index >= 15 is 9.59 Å². The SMILES string of the molecule is C=CCOC(=O)C[C@H](C(=O)N[C@@H](C)C(=O)Cc1ccc(COC(=O)N2c3cc(OCCCOc4cc5c(cc4OC)C(=O)N4C=C(c6ccc(F)cc6)C[C@H]4CN5C(=O)OCC=C)c(C)cc3C(=O)N3CC4(CC4)C[C@H]3C2O[Si](C)(C)C(C)(C)C)cc1)C(C)C. The molecule has 480 valence electrons. The fraction of sp³-hybridized carbons (Fsp3) is 0.464. The third-order valence-electron chi connectivity index (χ3n) is 18.2. The molecule has 4 aliphatic heterocycles. The Kier molecular flexibility index (Phi) is 20.2. The number of hydrogen-bond donors (Lipinski definition) is 1. The maximum atomic E-state index is 15.2. The summed E-state index contributed by atoms with van der Waals surface area (Å²) in [5.74, 6) is -2.07. The summed E-state index contributed by atoms with van der Waals surface area (Å²) in [7, 11) is -1.23. The second kappa shape index (κ2) is 27.4. The number of methoxy groups -OCH3 is 1. The van der Waals surface area contributed by atoms with Crippen LogP contribution in [0.3, 0.4) is 0 Å². The molecule has 21 heteroatoms. The van der Waals surface area contributed by atoms with E-state index < -0.39 is 62.7 Å². The monoisotopic (exact) mass is 1250 g/mol. The summed E-state index contributed by atoms with van der Waals surface area (Å²) in [5, 5.41) is 2.50. The first-order chi connectivity index (χ1) is 42.7. The highest BCUT2D eigenvalue weighted by Crippen LogP contribution is 2.58. The van der Waals surface area contributed by atoms with Crippen LogP contribution < -0.4 is 29.3 Å². The van der Waals surface area contributed by atoms with Crippen molar-refractivity contribution < 1.29 is 70.8 Å². The number of carbonyl (C=O) groups excluding carboxylic acids is 7. The van der Waals surface area contributed by atoms with Gasteiger partial charge >= 0.3 is 18.2 Å². The molecule has 0 radical (unpaired) electrons. The van der Waals surface area contributed by atoms with Crippen LogP contribution in [0.2, 0.25) is 18.1 Å². The molecule has 1 saturated carbocycles. The number of halogens is 1. The van der Waals surface area contributed by atoms with E-state index in [-0.39, 0.29) is 121 Å². The minimum atomic E-state index is -2.69. The first kappa shape index (κ1) is 66.1. The molecule has 19 nitrogen and oxygen atoms in total. The van der Waals surface area contributed by atoms with Gasteiger partial charge in [-0.2, -0.15) is 0 Å². The Morgan fingerprint density at radius 2 is 1.46 bits per heavy atom. The molecule has 4 aromatic rings. The highest BCUT2D eigenvalue weighted by Gasteiger charge is 2.60. The summed E-state index contributed by atoms with van der Waals surface area (Å²) < 4.78 is 56.7. The number of benzene rings is 4. The van der Waals surface area contributed by atoms with E-state index in [4.69, 9.17) is 32.8 Å². The number of esters is 1. The highest BCUT2D eigenvalue weighted by molar-refractivity contribution is 6.74. The van der Waals surface area contributed by atoms with Crippen LogP contribution in [0.4, 0.5) is 25.4 Å². The topological polar surface area (TPSA) is 209 Å². The van der Waals surface area contributed by atoms with Crippen molar-refractivity contribution >= 4 is 66.9 Å². The maximum absolute atomic E-state index is 15.2. The van der Waals surface area contributed by atoms with E-state index in [1.807, 2.05) is 25.7 Å². The third kappa shape index (κ3) is 14.6. The van der Waals surface area contributed by atoms with Crippen LogP contribution in [0.5, 0.6) is 17.2 Å². The lowest BCUT2D eigenvalue weighted by molar-refractivity contribution is -0.146. The number of ketones is 1. The zero-order valence-corrected chi connectivity index (χ0v) is 54.3. The molecular weight excluding hydrogens is 1170 g/mol. The molecule has 4 heterocycles. The van der Waals surface area contributed by atoms with Crippen molar-refractivity contribution in [3.8, 4) is 17.2 Å². The molecule has 1 saturated heterocycles. The smallest absolute Gasteiger partial charge is 0.416 e. The summed E-state index contributed by atoms with van der Waals surface area (Å²) >= 11 is 0. The molecule has 1 spiro atoms. The predicted molar refractivity (Wildman–Crippen MR) is 340 cm³/mol. The third-order valence-corrected chi connectivity index (χ3v) is 22.6. The molecule has 5 atom stereocenters. The Labute approximate surface area is 527 Å². The Balaban J connectivity index is 0.923. The Morgan fingerprint density at radius 3 is 2.10 bits per heavy atom. The van der Waals surface area contributed by atoms with E-state index in [2.05, 4.69) is 52.3 Å². The van der Waals surface area contributed by atoms with Crippen LogP contribution in [0.25, 0.3) is 5.57 Å². The molecule has 4 aromatic carbocycles. The van der Waals surface area contributed by atoms with E-state index in [1.54, 1.807) is 78.7 Å². The largest absolute Gasteiger partial charge is 0.493 e. The van der Waals surface area contributed by atoms with Gasteiger partial charge in [-0.3, -0.25) is 28.9 Å². The van der Waals surface area contributed by atoms with Crippen molar-refractivity contribution in [3.05, 3.63) is 144 Å². The summed E-state index contributed by atoms with van der Waals surface area (Å²) in [6.45, 7) is 25.7. The van der Waals surface area contributed by atoms with Crippen LogP contribution in [0.1, 0.15) is 123 Å². The number of nitrogens with zero attached hydrogens (tertiary/aromatic N) is 4. The van der Waals surface area contributed by atoms with E-state index in [0.29, 0.717) is 53.8 Å². The van der Waals surface area contributed by atoms with Crippen molar-refractivity contribution in [2.75, 3.05) is 56.4 Å². The second-order valence-electron chi connectivity index (χ2n) is 26.0. The zero-order valence-electron chi connectivity index (χ0n) is 53.3. The average molecular weight is 1250 g/mol. The molecule has 90 heavy (non-hydrogen) atoms. The van der Waals surface area contributed by atoms with Gasteiger partial charge in [0.05, 0.1) is 79.8 Å². The summed E-state index contributed by atoms with van der Waals surface area (Å²) in [6, 6.07) is 18.0. The number of nitrogens with one attached hydrogen (secondary N) is 1. The molecule has 5 aliphatic rings. The molecule has 1 N–H and O–H groups in total. The molecule has 9 rings (SSSR count). The van der Waals surface area contributed by atoms with E-state index in [0.717, 1.165) is 24.0 Å². The minimum absolute atomic E-state index is 0.0140. The van der Waals surface area contributed by atoms with Gasteiger partial charge in [0.15, 0.2) is 31.8 Å². The summed E-state index contributed by atoms with van der Waals surface area (Å²) in [4.78, 5) is 104. The number of ether oxygens (including phenoxy) is 6. The van der Waals surface area contributed by atoms with Crippen molar-refractivity contribution in [1.82, 2.24) is 15.1 Å². The van der Waals surface area contributed by atoms with Crippen LogP contribution in [-0.4, -0.2) is 131 Å². The van der Waals surface area contributed by atoms with Gasteiger partial charge < -0.3 is 48.0 Å². The Hall–Kier alpha value is -8.30. The van der Waals surface area contributed by atoms with E-state index in [1.165, 1.54) is 41.2 Å². The van der Waals surface area contributed by atoms with Crippen LogP contribution in [0.15, 0.2) is 104 Å². The lowest BCUT2D eigenvalue weighted by atomic mass is 9.91. The van der Waals surface area contributed by atoms with Gasteiger partial charge in [0.25, 0.3) is 11.8 Å². The summed E-state index contributed by atoms with van der Waals surface area (Å²) in [6.07, 6.45) is 5.55. The fourth-order valence-electron chi connectivity index (χ4n) is 11.7. The lowest BCUT2D eigenvalue weighted by Gasteiger charge is -2.44. The normalized spacial score (nSPS) is 18.8. The molecule has 1 unspecified atom stereocenters. The number of anilines is 2. The molecule has 1 aliphatic carbocycles. The van der Waals surface area contributed by atoms with Crippen molar-refractivity contribution in [2.24, 2.45) is 17.3 Å². The van der Waals surface area contributed by atoms with Crippen LogP contribution in [-0.2, 0) is 46.0 Å². The first-order valence-electron chi connectivity index (χ1n) is 30.8. The van der Waals surface area contributed by atoms with Gasteiger partial charge in [0.1, 0.15) is 31.4 Å². The first-order valence-corrected chi connectivity index (χ1v) is 33.8. The van der Waals surface area contributed by atoms with Gasteiger partial charge in [0.2, 0.25) is 5.91 Å². The fourth-order valence-corrected chi connectivity index (χ4v) is 12.9. The van der Waals surface area contributed by atoms with Crippen LogP contribution in [0, 0.1) is 30.0 Å². The van der Waals surface area contributed by atoms with Crippen molar-refractivity contribution in [3.63, 3.8) is 0 Å². The Morgan fingerprint density at radius 1 is 0.811 bits per heavy atom. The number of aryl methyl sites for hydroxylation is 1. The molecule has 0 bridgehead atoms. The van der Waals surface area contributed by atoms with Crippen molar-refractivity contribution in [2.45, 2.75) is 143 Å². The van der Waals surface area contributed by atoms with Crippen LogP contribution >= 0.6 is 0 Å². The van der Waals surface area contributed by atoms with Gasteiger partial charge in [-0.05, 0) is 121 Å². The van der Waals surface area contributed by atoms with Gasteiger partial charge in [0, 0.05) is 37.7 Å². The Bertz CT molecular complexity index is 3450. The summed E-state index contributed by atoms with van der Waals surface area (Å²) in [5.41, 5.74) is 4.55. The average Bonchev–Trinajstić information content (AvgIpc) is 1.57. The van der Waals surface area contributed by atoms with Gasteiger partial charge in [-0.1, -0.05) is 96.3 Å². The zero-order chi connectivity index (χ0) is 65.0. The predicted octanol–water partition coefficient (Wildman–Crippen LogP) is 11.9. The number of rotatable bonds is 24. The quantitative estimate of drug-likeness (QED) is 0.0228. The minimum Gasteiger partial charge on any atom is -0.493 e. The highest BCUT2D eigenvalue weighted by atomic mass is 28.4. The number of amides is 5.